The van der Waals surface area contributed by atoms with Crippen LogP contribution in [0.4, 0.5) is 0 Å². The lowest BCUT2D eigenvalue weighted by Gasteiger charge is -2.24. The molecule has 1 aliphatic rings. The lowest BCUT2D eigenvalue weighted by molar-refractivity contribution is -0.0418. The van der Waals surface area contributed by atoms with E-state index in [9.17, 15) is 0 Å². The summed E-state index contributed by atoms with van der Waals surface area (Å²) in [6.07, 6.45) is -1.66. The van der Waals surface area contributed by atoms with Crippen molar-refractivity contribution < 1.29 is 20.1 Å². The summed E-state index contributed by atoms with van der Waals surface area (Å²) in [6, 6.07) is 0. The van der Waals surface area contributed by atoms with Crippen molar-refractivity contribution in [3.63, 3.8) is 0 Å². The number of nitrogens with zero attached hydrogens (tertiary/aromatic N) is 3. The third kappa shape index (κ3) is 2.17. The molecule has 0 unspecified atom stereocenters. The van der Waals surface area contributed by atoms with Crippen LogP contribution in [0.5, 0.6) is 0 Å². The van der Waals surface area contributed by atoms with Crippen LogP contribution in [0.1, 0.15) is 6.42 Å². The fraction of sp³-hybridized carbons (Fsp3) is 0.667. The van der Waals surface area contributed by atoms with Crippen molar-refractivity contribution in [3.05, 3.63) is 22.1 Å². The zero-order valence-electron chi connectivity index (χ0n) is 6.66. The number of azide groups is 1. The van der Waals surface area contributed by atoms with Gasteiger partial charge in [0.25, 0.3) is 0 Å². The second-order valence-corrected chi connectivity index (χ2v) is 2.60. The van der Waals surface area contributed by atoms with Gasteiger partial charge in [0.05, 0.1) is 6.54 Å². The monoisotopic (exact) mass is 187 g/mol. The van der Waals surface area contributed by atoms with E-state index in [0.29, 0.717) is 0 Å². The lowest BCUT2D eigenvalue weighted by atomic mass is 10.1. The normalized spacial score (nSPS) is 27.8. The van der Waals surface area contributed by atoms with Gasteiger partial charge in [-0.1, -0.05) is 5.11 Å². The molecular formula is C6H9N3O4. The first-order valence-electron chi connectivity index (χ1n) is 3.62. The van der Waals surface area contributed by atoms with E-state index >= 15 is 0 Å². The molecule has 3 N–H and O–H groups in total. The maximum Gasteiger partial charge on any atom is 0.319 e. The van der Waals surface area contributed by atoms with E-state index in [4.69, 9.17) is 25.6 Å². The Kier molecular flexibility index (Phi) is 2.84. The highest BCUT2D eigenvalue weighted by Gasteiger charge is 2.28. The van der Waals surface area contributed by atoms with Crippen molar-refractivity contribution in [3.8, 4) is 0 Å². The SMILES string of the molecule is [N-]=[N+]=NC[C@@H]1C[C@H](O)C(O)=C(O)O1. The van der Waals surface area contributed by atoms with Crippen molar-refractivity contribution in [2.45, 2.75) is 18.6 Å². The Morgan fingerprint density at radius 3 is 2.85 bits per heavy atom. The Morgan fingerprint density at radius 1 is 1.62 bits per heavy atom. The Hall–Kier alpha value is -1.59. The molecule has 1 aliphatic heterocycles. The first-order chi connectivity index (χ1) is 6.15. The van der Waals surface area contributed by atoms with E-state index in [1.54, 1.807) is 0 Å². The fourth-order valence-corrected chi connectivity index (χ4v) is 1.01. The van der Waals surface area contributed by atoms with Crippen LogP contribution in [0.3, 0.4) is 0 Å². The highest BCUT2D eigenvalue weighted by molar-refractivity contribution is 5.03. The van der Waals surface area contributed by atoms with Gasteiger partial charge in [-0.2, -0.15) is 0 Å². The number of ether oxygens (including phenoxy) is 1. The molecule has 0 bridgehead atoms. The zero-order chi connectivity index (χ0) is 9.84. The summed E-state index contributed by atoms with van der Waals surface area (Å²) >= 11 is 0. The Morgan fingerprint density at radius 2 is 2.31 bits per heavy atom. The average molecular weight is 187 g/mol. The van der Waals surface area contributed by atoms with Crippen LogP contribution in [0.15, 0.2) is 16.8 Å². The molecule has 2 atom stereocenters. The Balaban J connectivity index is 2.62. The summed E-state index contributed by atoms with van der Waals surface area (Å²) in [6.45, 7) is 0.00486. The molecule has 0 radical (unpaired) electrons. The number of hydrogen-bond donors (Lipinski definition) is 3. The van der Waals surface area contributed by atoms with Crippen LogP contribution in [-0.4, -0.2) is 34.1 Å². The second kappa shape index (κ2) is 3.88. The second-order valence-electron chi connectivity index (χ2n) is 2.60. The van der Waals surface area contributed by atoms with Crippen LogP contribution in [0.2, 0.25) is 0 Å². The maximum absolute atomic E-state index is 9.14. The summed E-state index contributed by atoms with van der Waals surface area (Å²) in [4.78, 5) is 2.50. The van der Waals surface area contributed by atoms with Gasteiger partial charge in [0.1, 0.15) is 12.2 Å². The minimum atomic E-state index is -1.16. The first kappa shape index (κ1) is 9.50. The fourth-order valence-electron chi connectivity index (χ4n) is 1.01. The van der Waals surface area contributed by atoms with Crippen molar-refractivity contribution in [2.24, 2.45) is 5.11 Å². The summed E-state index contributed by atoms with van der Waals surface area (Å²) < 4.78 is 4.73. The van der Waals surface area contributed by atoms with E-state index < -0.39 is 23.9 Å². The molecule has 0 fully saturated rings. The molecule has 7 heteroatoms. The smallest absolute Gasteiger partial charge is 0.319 e. The molecule has 7 nitrogen and oxygen atoms in total. The molecule has 0 aromatic heterocycles. The molecule has 0 saturated carbocycles. The van der Waals surface area contributed by atoms with Gasteiger partial charge in [0.15, 0.2) is 0 Å². The summed E-state index contributed by atoms with van der Waals surface area (Å²) in [5, 5.41) is 30.2. The average Bonchev–Trinajstić information content (AvgIpc) is 2.10. The van der Waals surface area contributed by atoms with E-state index in [0.717, 1.165) is 0 Å². The summed E-state index contributed by atoms with van der Waals surface area (Å²) in [5.74, 6) is -1.30. The maximum atomic E-state index is 9.14. The molecule has 0 amide bonds. The summed E-state index contributed by atoms with van der Waals surface area (Å²) in [5.41, 5.74) is 8.00. The van der Waals surface area contributed by atoms with Gasteiger partial charge < -0.3 is 20.1 Å². The van der Waals surface area contributed by atoms with Crippen molar-refractivity contribution >= 4 is 0 Å². The van der Waals surface area contributed by atoms with Crippen LogP contribution >= 0.6 is 0 Å². The molecular weight excluding hydrogens is 178 g/mol. The molecule has 1 heterocycles. The molecule has 1 rings (SSSR count). The van der Waals surface area contributed by atoms with E-state index in [1.165, 1.54) is 0 Å². The first-order valence-corrected chi connectivity index (χ1v) is 3.62. The minimum Gasteiger partial charge on any atom is -0.504 e. The van der Waals surface area contributed by atoms with Gasteiger partial charge in [-0.25, -0.2) is 0 Å². The Labute approximate surface area is 73.5 Å². The highest BCUT2D eigenvalue weighted by Crippen LogP contribution is 2.20. The number of aliphatic hydroxyl groups is 3. The van der Waals surface area contributed by atoms with E-state index in [1.807, 2.05) is 0 Å². The zero-order valence-corrected chi connectivity index (χ0v) is 6.66. The molecule has 0 aliphatic carbocycles. The van der Waals surface area contributed by atoms with Crippen LogP contribution in [-0.2, 0) is 4.74 Å². The van der Waals surface area contributed by atoms with Gasteiger partial charge in [-0.3, -0.25) is 0 Å². The number of aliphatic hydroxyl groups excluding tert-OH is 3. The minimum absolute atomic E-state index is 0.00486. The van der Waals surface area contributed by atoms with Gasteiger partial charge in [-0.15, -0.1) is 0 Å². The highest BCUT2D eigenvalue weighted by atomic mass is 16.6. The van der Waals surface area contributed by atoms with E-state index in [2.05, 4.69) is 10.0 Å². The molecule has 13 heavy (non-hydrogen) atoms. The molecule has 72 valence electrons. The van der Waals surface area contributed by atoms with Gasteiger partial charge in [-0.05, 0) is 5.53 Å². The predicted molar refractivity (Wildman–Crippen MR) is 41.8 cm³/mol. The molecule has 0 aromatic carbocycles. The van der Waals surface area contributed by atoms with Crippen LogP contribution in [0, 0.1) is 0 Å². The van der Waals surface area contributed by atoms with Crippen molar-refractivity contribution in [1.82, 2.24) is 0 Å². The largest absolute Gasteiger partial charge is 0.504 e. The third-order valence-corrected chi connectivity index (χ3v) is 1.65. The van der Waals surface area contributed by atoms with Crippen LogP contribution in [0.25, 0.3) is 10.4 Å². The lowest BCUT2D eigenvalue weighted by Crippen LogP contribution is -2.31. The molecule has 0 spiro atoms. The quantitative estimate of drug-likeness (QED) is 0.335. The van der Waals surface area contributed by atoms with E-state index in [-0.39, 0.29) is 13.0 Å². The number of hydrogen-bond acceptors (Lipinski definition) is 5. The Bertz CT molecular complexity index is 271. The van der Waals surface area contributed by atoms with Crippen molar-refractivity contribution in [1.29, 1.82) is 0 Å². The standard InChI is InChI=1S/C6H9N3O4/c7-9-8-2-3-1-4(10)5(11)6(12)13-3/h3-4,10-12H,1-2H2/t3-,4-/m0/s1. The molecule has 0 saturated heterocycles. The van der Waals surface area contributed by atoms with Gasteiger partial charge in [0, 0.05) is 11.3 Å². The predicted octanol–water partition coefficient (Wildman–Crippen LogP) is 0.732. The van der Waals surface area contributed by atoms with Gasteiger partial charge in [0.2, 0.25) is 5.76 Å². The number of rotatable bonds is 2. The third-order valence-electron chi connectivity index (χ3n) is 1.65. The molecule has 0 aromatic rings. The summed E-state index contributed by atoms with van der Waals surface area (Å²) in [7, 11) is 0. The van der Waals surface area contributed by atoms with Gasteiger partial charge >= 0.3 is 5.95 Å². The topological polar surface area (TPSA) is 119 Å². The van der Waals surface area contributed by atoms with Crippen LogP contribution < -0.4 is 0 Å². The van der Waals surface area contributed by atoms with Crippen molar-refractivity contribution in [2.75, 3.05) is 6.54 Å².